The average Bonchev–Trinajstić information content (AvgIpc) is 3.04. The van der Waals surface area contributed by atoms with Crippen LogP contribution in [0.5, 0.6) is 0 Å². The lowest BCUT2D eigenvalue weighted by Gasteiger charge is -2.16. The maximum atomic E-state index is 12.4. The van der Waals surface area contributed by atoms with Gasteiger partial charge >= 0.3 is 0 Å². The second-order valence-electron chi connectivity index (χ2n) is 4.94. The summed E-state index contributed by atoms with van der Waals surface area (Å²) in [5.74, 6) is 1.54. The predicted octanol–water partition coefficient (Wildman–Crippen LogP) is -0.267. The van der Waals surface area contributed by atoms with Crippen LogP contribution >= 0.6 is 0 Å². The van der Waals surface area contributed by atoms with Gasteiger partial charge in [0.25, 0.3) is 0 Å². The van der Waals surface area contributed by atoms with Crippen LogP contribution in [0.1, 0.15) is 18.1 Å². The van der Waals surface area contributed by atoms with E-state index in [4.69, 9.17) is 0 Å². The number of aromatic nitrogens is 4. The van der Waals surface area contributed by atoms with Crippen molar-refractivity contribution in [2.75, 3.05) is 7.05 Å². The van der Waals surface area contributed by atoms with E-state index in [2.05, 4.69) is 15.2 Å². The van der Waals surface area contributed by atoms with Crippen LogP contribution in [0.25, 0.3) is 0 Å². The summed E-state index contributed by atoms with van der Waals surface area (Å²) in [5, 5.41) is 8.11. The van der Waals surface area contributed by atoms with Crippen molar-refractivity contribution in [3.63, 3.8) is 0 Å². The third-order valence-electron chi connectivity index (χ3n) is 3.51. The van der Waals surface area contributed by atoms with Crippen molar-refractivity contribution in [2.45, 2.75) is 30.8 Å². The molecule has 0 saturated carbocycles. The minimum absolute atomic E-state index is 0.0470. The Kier molecular flexibility index (Phi) is 3.38. The summed E-state index contributed by atoms with van der Waals surface area (Å²) >= 11 is 0. The number of pyridine rings is 1. The standard InChI is InChI=1S/C12H15N5O3S/c1-16(8-11-15-14-10-3-2-6-17(10)11)21(19,20)9-4-5-12(18)13-7-9/h4-5,7H,2-3,6,8H2,1H3,(H,13,18). The number of H-pyrrole nitrogens is 1. The van der Waals surface area contributed by atoms with E-state index in [9.17, 15) is 13.2 Å². The van der Waals surface area contributed by atoms with Gasteiger partial charge in [0.15, 0.2) is 0 Å². The van der Waals surface area contributed by atoms with E-state index < -0.39 is 10.0 Å². The van der Waals surface area contributed by atoms with Crippen LogP contribution in [-0.2, 0) is 29.5 Å². The summed E-state index contributed by atoms with van der Waals surface area (Å²) in [5.41, 5.74) is -0.341. The first-order valence-electron chi connectivity index (χ1n) is 6.54. The van der Waals surface area contributed by atoms with Crippen molar-refractivity contribution in [1.29, 1.82) is 0 Å². The van der Waals surface area contributed by atoms with Gasteiger partial charge in [-0.25, -0.2) is 8.42 Å². The molecule has 3 rings (SSSR count). The van der Waals surface area contributed by atoms with E-state index in [0.29, 0.717) is 5.82 Å². The van der Waals surface area contributed by atoms with Crippen molar-refractivity contribution >= 4 is 10.0 Å². The van der Waals surface area contributed by atoms with Crippen LogP contribution in [-0.4, -0.2) is 39.5 Å². The summed E-state index contributed by atoms with van der Waals surface area (Å²) in [4.78, 5) is 13.4. The van der Waals surface area contributed by atoms with Gasteiger partial charge in [0, 0.05) is 32.3 Å². The Morgan fingerprint density at radius 2 is 2.19 bits per heavy atom. The number of aromatic amines is 1. The van der Waals surface area contributed by atoms with Gasteiger partial charge in [-0.05, 0) is 12.5 Å². The van der Waals surface area contributed by atoms with Gasteiger partial charge in [-0.2, -0.15) is 4.31 Å². The van der Waals surface area contributed by atoms with Crippen LogP contribution in [0.15, 0.2) is 28.0 Å². The number of aryl methyl sites for hydroxylation is 1. The molecule has 0 radical (unpaired) electrons. The molecule has 1 aliphatic rings. The molecule has 8 nitrogen and oxygen atoms in total. The normalized spacial score (nSPS) is 14.6. The van der Waals surface area contributed by atoms with E-state index in [1.165, 1.54) is 29.7 Å². The largest absolute Gasteiger partial charge is 0.328 e. The molecule has 1 aliphatic heterocycles. The summed E-state index contributed by atoms with van der Waals surface area (Å²) in [6, 6.07) is 2.48. The topological polar surface area (TPSA) is 101 Å². The zero-order chi connectivity index (χ0) is 15.0. The Balaban J connectivity index is 1.85. The fraction of sp³-hybridized carbons (Fsp3) is 0.417. The molecule has 0 bridgehead atoms. The fourth-order valence-electron chi connectivity index (χ4n) is 2.35. The van der Waals surface area contributed by atoms with Crippen LogP contribution in [0.3, 0.4) is 0 Å². The Labute approximate surface area is 121 Å². The molecule has 0 aliphatic carbocycles. The first-order chi connectivity index (χ1) is 9.98. The van der Waals surface area contributed by atoms with Crippen molar-refractivity contribution < 1.29 is 8.42 Å². The minimum Gasteiger partial charge on any atom is -0.328 e. The predicted molar refractivity (Wildman–Crippen MR) is 74.1 cm³/mol. The van der Waals surface area contributed by atoms with Crippen LogP contribution < -0.4 is 5.56 Å². The molecular formula is C12H15N5O3S. The molecule has 0 unspecified atom stereocenters. The smallest absolute Gasteiger partial charge is 0.247 e. The maximum Gasteiger partial charge on any atom is 0.247 e. The zero-order valence-electron chi connectivity index (χ0n) is 11.5. The summed E-state index contributed by atoms with van der Waals surface area (Å²) in [7, 11) is -2.18. The molecule has 2 aromatic heterocycles. The lowest BCUT2D eigenvalue weighted by molar-refractivity contribution is 0.446. The van der Waals surface area contributed by atoms with Gasteiger partial charge in [-0.1, -0.05) is 0 Å². The van der Waals surface area contributed by atoms with E-state index >= 15 is 0 Å². The lowest BCUT2D eigenvalue weighted by atomic mass is 10.4. The average molecular weight is 309 g/mol. The Morgan fingerprint density at radius 3 is 2.90 bits per heavy atom. The number of hydrogen-bond acceptors (Lipinski definition) is 5. The van der Waals surface area contributed by atoms with Gasteiger partial charge in [-0.3, -0.25) is 4.79 Å². The molecule has 0 spiro atoms. The van der Waals surface area contributed by atoms with Crippen molar-refractivity contribution in [1.82, 2.24) is 24.1 Å². The molecule has 0 atom stereocenters. The molecule has 0 fully saturated rings. The lowest BCUT2D eigenvalue weighted by Crippen LogP contribution is -2.28. The van der Waals surface area contributed by atoms with E-state index in [-0.39, 0.29) is 17.0 Å². The zero-order valence-corrected chi connectivity index (χ0v) is 12.3. The maximum absolute atomic E-state index is 12.4. The first-order valence-corrected chi connectivity index (χ1v) is 7.98. The molecule has 9 heteroatoms. The number of sulfonamides is 1. The second-order valence-corrected chi connectivity index (χ2v) is 6.98. The first kappa shape index (κ1) is 14.0. The van der Waals surface area contributed by atoms with Crippen LogP contribution in [0.2, 0.25) is 0 Å². The van der Waals surface area contributed by atoms with Gasteiger partial charge < -0.3 is 9.55 Å². The molecule has 3 heterocycles. The number of nitrogens with zero attached hydrogens (tertiary/aromatic N) is 4. The molecule has 21 heavy (non-hydrogen) atoms. The highest BCUT2D eigenvalue weighted by Gasteiger charge is 2.25. The highest BCUT2D eigenvalue weighted by molar-refractivity contribution is 7.89. The van der Waals surface area contributed by atoms with Gasteiger partial charge in [0.2, 0.25) is 15.6 Å². The van der Waals surface area contributed by atoms with E-state index in [1.54, 1.807) is 0 Å². The van der Waals surface area contributed by atoms with Crippen LogP contribution in [0.4, 0.5) is 0 Å². The minimum atomic E-state index is -3.67. The third kappa shape index (κ3) is 2.49. The quantitative estimate of drug-likeness (QED) is 0.838. The Bertz CT molecular complexity index is 803. The van der Waals surface area contributed by atoms with E-state index in [0.717, 1.165) is 25.2 Å². The Hall–Kier alpha value is -2.00. The fourth-order valence-corrected chi connectivity index (χ4v) is 3.44. The number of fused-ring (bicyclic) bond motifs is 1. The Morgan fingerprint density at radius 1 is 1.38 bits per heavy atom. The number of hydrogen-bond donors (Lipinski definition) is 1. The monoisotopic (exact) mass is 309 g/mol. The second kappa shape index (κ2) is 5.08. The van der Waals surface area contributed by atoms with Crippen molar-refractivity contribution in [2.24, 2.45) is 0 Å². The highest BCUT2D eigenvalue weighted by Crippen LogP contribution is 2.18. The number of rotatable bonds is 4. The molecule has 112 valence electrons. The van der Waals surface area contributed by atoms with E-state index in [1.807, 2.05) is 4.57 Å². The molecular weight excluding hydrogens is 294 g/mol. The molecule has 1 N–H and O–H groups in total. The van der Waals surface area contributed by atoms with Crippen molar-refractivity contribution in [3.05, 3.63) is 40.3 Å². The molecule has 0 amide bonds. The van der Waals surface area contributed by atoms with Crippen molar-refractivity contribution in [3.8, 4) is 0 Å². The molecule has 0 saturated heterocycles. The van der Waals surface area contributed by atoms with Gasteiger partial charge in [0.1, 0.15) is 11.6 Å². The third-order valence-corrected chi connectivity index (χ3v) is 5.31. The number of nitrogens with one attached hydrogen (secondary N) is 1. The highest BCUT2D eigenvalue weighted by atomic mass is 32.2. The van der Waals surface area contributed by atoms with Gasteiger partial charge in [0.05, 0.1) is 11.4 Å². The summed E-state index contributed by atoms with van der Waals surface area (Å²) < 4.78 is 28.0. The molecule has 0 aromatic carbocycles. The van der Waals surface area contributed by atoms with Gasteiger partial charge in [-0.15, -0.1) is 10.2 Å². The SMILES string of the molecule is CN(Cc1nnc2n1CCC2)S(=O)(=O)c1ccc(=O)[nH]c1. The van der Waals surface area contributed by atoms with Crippen LogP contribution in [0, 0.1) is 0 Å². The summed E-state index contributed by atoms with van der Waals surface area (Å²) in [6.45, 7) is 0.971. The molecule has 2 aromatic rings. The summed E-state index contributed by atoms with van der Waals surface area (Å²) in [6.07, 6.45) is 3.08.